The molecule has 0 aliphatic rings. The molecule has 3 rings (SSSR count). The average molecular weight is 330 g/mol. The standard InChI is InChI=1S/C17H18N2O3S/c1-11(18-8-14-10-23-12(2)19-14)9-21-15-5-3-13-4-6-17(20)22-16(13)7-15/h3-7,10-11,18H,8-9H2,1-2H3/t11-/m0/s1. The highest BCUT2D eigenvalue weighted by Crippen LogP contribution is 2.19. The summed E-state index contributed by atoms with van der Waals surface area (Å²) in [6, 6.07) is 8.83. The molecule has 1 N–H and O–H groups in total. The molecule has 0 spiro atoms. The van der Waals surface area contributed by atoms with Gasteiger partial charge in [0.1, 0.15) is 17.9 Å². The minimum Gasteiger partial charge on any atom is -0.492 e. The zero-order valence-corrected chi connectivity index (χ0v) is 13.9. The number of rotatable bonds is 6. The molecule has 2 aromatic heterocycles. The van der Waals surface area contributed by atoms with Crippen molar-refractivity contribution in [3.63, 3.8) is 0 Å². The Labute approximate surface area is 137 Å². The number of aryl methyl sites for hydroxylation is 1. The van der Waals surface area contributed by atoms with Crippen LogP contribution in [0, 0.1) is 6.92 Å². The van der Waals surface area contributed by atoms with Crippen molar-refractivity contribution in [1.29, 1.82) is 0 Å². The largest absolute Gasteiger partial charge is 0.492 e. The molecule has 0 saturated heterocycles. The molecule has 0 saturated carbocycles. The van der Waals surface area contributed by atoms with E-state index >= 15 is 0 Å². The molecular weight excluding hydrogens is 312 g/mol. The van der Waals surface area contributed by atoms with E-state index in [0.717, 1.165) is 22.6 Å². The molecule has 1 atom stereocenters. The van der Waals surface area contributed by atoms with E-state index in [0.29, 0.717) is 17.9 Å². The van der Waals surface area contributed by atoms with Gasteiger partial charge in [-0.3, -0.25) is 0 Å². The molecule has 23 heavy (non-hydrogen) atoms. The van der Waals surface area contributed by atoms with Crippen LogP contribution in [0.15, 0.2) is 44.9 Å². The first-order valence-corrected chi connectivity index (χ1v) is 8.29. The quantitative estimate of drug-likeness (QED) is 0.704. The third-order valence-electron chi connectivity index (χ3n) is 3.39. The molecule has 120 valence electrons. The molecule has 2 heterocycles. The van der Waals surface area contributed by atoms with Crippen molar-refractivity contribution in [2.75, 3.05) is 6.61 Å². The summed E-state index contributed by atoms with van der Waals surface area (Å²) in [7, 11) is 0. The maximum Gasteiger partial charge on any atom is 0.336 e. The van der Waals surface area contributed by atoms with Gasteiger partial charge in [-0.15, -0.1) is 11.3 Å². The molecule has 0 amide bonds. The van der Waals surface area contributed by atoms with Crippen LogP contribution in [0.3, 0.4) is 0 Å². The van der Waals surface area contributed by atoms with Crippen molar-refractivity contribution in [1.82, 2.24) is 10.3 Å². The molecule has 3 aromatic rings. The van der Waals surface area contributed by atoms with Crippen LogP contribution in [0.4, 0.5) is 0 Å². The van der Waals surface area contributed by atoms with Crippen LogP contribution in [0.1, 0.15) is 17.6 Å². The predicted octanol–water partition coefficient (Wildman–Crippen LogP) is 3.12. The number of aromatic nitrogens is 1. The van der Waals surface area contributed by atoms with Gasteiger partial charge in [0.05, 0.1) is 10.7 Å². The van der Waals surface area contributed by atoms with Gasteiger partial charge in [0.15, 0.2) is 0 Å². The second kappa shape index (κ2) is 6.93. The summed E-state index contributed by atoms with van der Waals surface area (Å²) in [5.74, 6) is 0.685. The lowest BCUT2D eigenvalue weighted by Crippen LogP contribution is -2.31. The molecule has 6 heteroatoms. The number of fused-ring (bicyclic) bond motifs is 1. The smallest absolute Gasteiger partial charge is 0.336 e. The molecule has 0 bridgehead atoms. The van der Waals surface area contributed by atoms with E-state index in [-0.39, 0.29) is 11.7 Å². The van der Waals surface area contributed by atoms with E-state index in [1.807, 2.05) is 19.1 Å². The Bertz CT molecular complexity index is 856. The number of nitrogens with one attached hydrogen (secondary N) is 1. The summed E-state index contributed by atoms with van der Waals surface area (Å²) in [6.07, 6.45) is 0. The van der Waals surface area contributed by atoms with E-state index in [1.165, 1.54) is 6.07 Å². The Hall–Kier alpha value is -2.18. The highest BCUT2D eigenvalue weighted by molar-refractivity contribution is 7.09. The summed E-state index contributed by atoms with van der Waals surface area (Å²) >= 11 is 1.65. The first-order chi connectivity index (χ1) is 11.1. The molecule has 0 aliphatic heterocycles. The van der Waals surface area contributed by atoms with Gasteiger partial charge in [0.2, 0.25) is 0 Å². The number of benzene rings is 1. The highest BCUT2D eigenvalue weighted by Gasteiger charge is 2.06. The second-order valence-electron chi connectivity index (χ2n) is 5.40. The predicted molar refractivity (Wildman–Crippen MR) is 91.1 cm³/mol. The monoisotopic (exact) mass is 330 g/mol. The number of hydrogen-bond acceptors (Lipinski definition) is 6. The molecule has 0 aliphatic carbocycles. The fourth-order valence-electron chi connectivity index (χ4n) is 2.18. The Balaban J connectivity index is 1.55. The van der Waals surface area contributed by atoms with Crippen LogP contribution < -0.4 is 15.7 Å². The molecule has 1 aromatic carbocycles. The van der Waals surface area contributed by atoms with Crippen LogP contribution >= 0.6 is 11.3 Å². The summed E-state index contributed by atoms with van der Waals surface area (Å²) < 4.78 is 10.9. The van der Waals surface area contributed by atoms with E-state index in [4.69, 9.17) is 9.15 Å². The molecular formula is C17H18N2O3S. The van der Waals surface area contributed by atoms with Crippen LogP contribution in [0.5, 0.6) is 5.75 Å². The minimum atomic E-state index is -0.358. The number of nitrogens with zero attached hydrogens (tertiary/aromatic N) is 1. The first-order valence-electron chi connectivity index (χ1n) is 7.41. The van der Waals surface area contributed by atoms with E-state index in [1.54, 1.807) is 23.5 Å². The number of thiazole rings is 1. The van der Waals surface area contributed by atoms with Crippen LogP contribution in [-0.2, 0) is 6.54 Å². The van der Waals surface area contributed by atoms with E-state index in [9.17, 15) is 4.79 Å². The lowest BCUT2D eigenvalue weighted by atomic mass is 10.2. The van der Waals surface area contributed by atoms with Gasteiger partial charge in [0.25, 0.3) is 0 Å². The first kappa shape index (κ1) is 15.7. The summed E-state index contributed by atoms with van der Waals surface area (Å²) in [5, 5.41) is 7.38. The summed E-state index contributed by atoms with van der Waals surface area (Å²) in [6.45, 7) is 5.30. The minimum absolute atomic E-state index is 0.176. The second-order valence-corrected chi connectivity index (χ2v) is 6.47. The van der Waals surface area contributed by atoms with Crippen molar-refractivity contribution < 1.29 is 9.15 Å². The molecule has 0 unspecified atom stereocenters. The van der Waals surface area contributed by atoms with Crippen LogP contribution in [0.25, 0.3) is 11.0 Å². The van der Waals surface area contributed by atoms with E-state index in [2.05, 4.69) is 22.6 Å². The van der Waals surface area contributed by atoms with Crippen LogP contribution in [0.2, 0.25) is 0 Å². The van der Waals surface area contributed by atoms with E-state index < -0.39 is 0 Å². The maximum absolute atomic E-state index is 11.3. The topological polar surface area (TPSA) is 64.4 Å². The van der Waals surface area contributed by atoms with Crippen molar-refractivity contribution in [3.05, 3.63) is 56.8 Å². The van der Waals surface area contributed by atoms with Crippen molar-refractivity contribution >= 4 is 22.3 Å². The van der Waals surface area contributed by atoms with Gasteiger partial charge in [-0.05, 0) is 32.0 Å². The Morgan fingerprint density at radius 3 is 2.96 bits per heavy atom. The van der Waals surface area contributed by atoms with Gasteiger partial charge in [0, 0.05) is 35.5 Å². The van der Waals surface area contributed by atoms with Gasteiger partial charge >= 0.3 is 5.63 Å². The zero-order valence-electron chi connectivity index (χ0n) is 13.0. The lowest BCUT2D eigenvalue weighted by Gasteiger charge is -2.14. The Morgan fingerprint density at radius 1 is 1.35 bits per heavy atom. The third kappa shape index (κ3) is 4.18. The van der Waals surface area contributed by atoms with Crippen molar-refractivity contribution in [2.24, 2.45) is 0 Å². The maximum atomic E-state index is 11.3. The summed E-state index contributed by atoms with van der Waals surface area (Å²) in [5.41, 5.74) is 1.23. The Kier molecular flexibility index (Phi) is 4.73. The lowest BCUT2D eigenvalue weighted by molar-refractivity contribution is 0.272. The fraction of sp³-hybridized carbons (Fsp3) is 0.294. The third-order valence-corrected chi connectivity index (χ3v) is 4.22. The molecule has 0 radical (unpaired) electrons. The normalized spacial score (nSPS) is 12.4. The molecule has 5 nitrogen and oxygen atoms in total. The SMILES string of the molecule is Cc1nc(CN[C@@H](C)COc2ccc3ccc(=O)oc3c2)cs1. The average Bonchev–Trinajstić information content (AvgIpc) is 2.96. The Morgan fingerprint density at radius 2 is 2.17 bits per heavy atom. The van der Waals surface area contributed by atoms with Gasteiger partial charge < -0.3 is 14.5 Å². The van der Waals surface area contributed by atoms with Gasteiger partial charge in [-0.25, -0.2) is 9.78 Å². The summed E-state index contributed by atoms with van der Waals surface area (Å²) in [4.78, 5) is 15.7. The number of hydrogen-bond donors (Lipinski definition) is 1. The highest BCUT2D eigenvalue weighted by atomic mass is 32.1. The van der Waals surface area contributed by atoms with Crippen molar-refractivity contribution in [2.45, 2.75) is 26.4 Å². The zero-order chi connectivity index (χ0) is 16.2. The van der Waals surface area contributed by atoms with Crippen LogP contribution in [-0.4, -0.2) is 17.6 Å². The molecule has 0 fully saturated rings. The van der Waals surface area contributed by atoms with Gasteiger partial charge in [-0.2, -0.15) is 0 Å². The van der Waals surface area contributed by atoms with Crippen molar-refractivity contribution in [3.8, 4) is 5.75 Å². The van der Waals surface area contributed by atoms with Gasteiger partial charge in [-0.1, -0.05) is 0 Å². The fourth-order valence-corrected chi connectivity index (χ4v) is 2.79. The number of ether oxygens (including phenoxy) is 1.